The van der Waals surface area contributed by atoms with Crippen LogP contribution in [0.3, 0.4) is 0 Å². The molecule has 2 N–H and O–H groups in total. The average molecular weight is 350 g/mol. The van der Waals surface area contributed by atoms with Crippen molar-refractivity contribution in [2.24, 2.45) is 5.73 Å². The van der Waals surface area contributed by atoms with E-state index in [1.807, 2.05) is 29.6 Å². The fraction of sp³-hybridized carbons (Fsp3) is 0.118. The number of ether oxygens (including phenoxy) is 1. The Hall–Kier alpha value is -2.38. The van der Waals surface area contributed by atoms with E-state index in [0.29, 0.717) is 12.2 Å². The molecule has 0 bridgehead atoms. The van der Waals surface area contributed by atoms with E-state index < -0.39 is 6.36 Å². The van der Waals surface area contributed by atoms with Gasteiger partial charge in [-0.2, -0.15) is 0 Å². The van der Waals surface area contributed by atoms with Gasteiger partial charge >= 0.3 is 6.36 Å². The molecule has 0 fully saturated rings. The maximum absolute atomic E-state index is 12.2. The minimum atomic E-state index is -4.69. The van der Waals surface area contributed by atoms with Crippen LogP contribution >= 0.6 is 11.3 Å². The summed E-state index contributed by atoms with van der Waals surface area (Å²) in [6.07, 6.45) is -4.69. The molecule has 1 heterocycles. The van der Waals surface area contributed by atoms with Crippen molar-refractivity contribution in [3.8, 4) is 27.6 Å². The van der Waals surface area contributed by atoms with E-state index >= 15 is 0 Å². The standard InChI is InChI=1S/C17H13F3N2OS/c18-17(19,20)23-14-7-5-12(6-8-14)15-10-24-16(22-15)13-3-1-11(9-21)2-4-13/h1-8,10H,9,21H2. The molecule has 0 atom stereocenters. The van der Waals surface area contributed by atoms with Gasteiger partial charge in [0, 0.05) is 23.1 Å². The van der Waals surface area contributed by atoms with Crippen LogP contribution in [-0.4, -0.2) is 11.3 Å². The van der Waals surface area contributed by atoms with Gasteiger partial charge in [0.05, 0.1) is 5.69 Å². The summed E-state index contributed by atoms with van der Waals surface area (Å²) in [5, 5.41) is 2.70. The van der Waals surface area contributed by atoms with Crippen LogP contribution < -0.4 is 10.5 Å². The van der Waals surface area contributed by atoms with Crippen LogP contribution in [0.1, 0.15) is 5.56 Å². The van der Waals surface area contributed by atoms with Crippen molar-refractivity contribution >= 4 is 11.3 Å². The van der Waals surface area contributed by atoms with E-state index in [-0.39, 0.29) is 5.75 Å². The molecule has 0 aliphatic carbocycles. The molecule has 24 heavy (non-hydrogen) atoms. The van der Waals surface area contributed by atoms with E-state index in [9.17, 15) is 13.2 Å². The first kappa shape index (κ1) is 16.5. The van der Waals surface area contributed by atoms with Crippen LogP contribution in [0.2, 0.25) is 0 Å². The van der Waals surface area contributed by atoms with Crippen LogP contribution in [0.5, 0.6) is 5.75 Å². The van der Waals surface area contributed by atoms with Gasteiger partial charge < -0.3 is 10.5 Å². The molecule has 3 rings (SSSR count). The SMILES string of the molecule is NCc1ccc(-c2nc(-c3ccc(OC(F)(F)F)cc3)cs2)cc1. The first-order chi connectivity index (χ1) is 11.4. The van der Waals surface area contributed by atoms with Crippen molar-refractivity contribution in [2.45, 2.75) is 12.9 Å². The molecule has 0 amide bonds. The second kappa shape index (κ2) is 6.62. The number of aromatic nitrogens is 1. The van der Waals surface area contributed by atoms with Gasteiger partial charge in [0.2, 0.25) is 0 Å². The average Bonchev–Trinajstić information content (AvgIpc) is 3.04. The van der Waals surface area contributed by atoms with Gasteiger partial charge in [-0.25, -0.2) is 4.98 Å². The lowest BCUT2D eigenvalue weighted by Gasteiger charge is -2.08. The smallest absolute Gasteiger partial charge is 0.406 e. The number of halogens is 3. The number of benzene rings is 2. The van der Waals surface area contributed by atoms with E-state index in [1.165, 1.54) is 23.5 Å². The molecule has 0 aliphatic heterocycles. The molecule has 0 aliphatic rings. The second-order valence-electron chi connectivity index (χ2n) is 5.01. The quantitative estimate of drug-likeness (QED) is 0.733. The van der Waals surface area contributed by atoms with Crippen molar-refractivity contribution < 1.29 is 17.9 Å². The number of rotatable bonds is 4. The zero-order valence-corrected chi connectivity index (χ0v) is 13.2. The third-order valence-corrected chi connectivity index (χ3v) is 4.22. The minimum Gasteiger partial charge on any atom is -0.406 e. The summed E-state index contributed by atoms with van der Waals surface area (Å²) in [5.74, 6) is -0.251. The zero-order chi connectivity index (χ0) is 17.2. The molecule has 1 aromatic heterocycles. The monoisotopic (exact) mass is 350 g/mol. The largest absolute Gasteiger partial charge is 0.573 e. The van der Waals surface area contributed by atoms with Gasteiger partial charge in [-0.3, -0.25) is 0 Å². The Balaban J connectivity index is 1.79. The van der Waals surface area contributed by atoms with Gasteiger partial charge in [0.15, 0.2) is 0 Å². The van der Waals surface area contributed by atoms with Crippen LogP contribution in [-0.2, 0) is 6.54 Å². The second-order valence-corrected chi connectivity index (χ2v) is 5.87. The topological polar surface area (TPSA) is 48.1 Å². The number of nitrogens with zero attached hydrogens (tertiary/aromatic N) is 1. The fourth-order valence-electron chi connectivity index (χ4n) is 2.15. The van der Waals surface area contributed by atoms with Crippen LogP contribution in [0.25, 0.3) is 21.8 Å². The molecule has 124 valence electrons. The molecule has 7 heteroatoms. The number of hydrogen-bond acceptors (Lipinski definition) is 4. The molecule has 2 aromatic carbocycles. The van der Waals surface area contributed by atoms with Crippen molar-refractivity contribution in [1.29, 1.82) is 0 Å². The minimum absolute atomic E-state index is 0.251. The van der Waals surface area contributed by atoms with Gasteiger partial charge in [0.1, 0.15) is 10.8 Å². The maximum Gasteiger partial charge on any atom is 0.573 e. The first-order valence-corrected chi connectivity index (χ1v) is 7.94. The molecule has 0 saturated heterocycles. The van der Waals surface area contributed by atoms with E-state index in [4.69, 9.17) is 5.73 Å². The van der Waals surface area contributed by atoms with Gasteiger partial charge in [-0.05, 0) is 29.8 Å². The predicted octanol–water partition coefficient (Wildman–Crippen LogP) is 4.83. The number of nitrogens with two attached hydrogens (primary N) is 1. The summed E-state index contributed by atoms with van der Waals surface area (Å²) >= 11 is 1.47. The van der Waals surface area contributed by atoms with Crippen LogP contribution in [0.15, 0.2) is 53.9 Å². The summed E-state index contributed by atoms with van der Waals surface area (Å²) < 4.78 is 40.4. The van der Waals surface area contributed by atoms with Crippen LogP contribution in [0, 0.1) is 0 Å². The fourth-order valence-corrected chi connectivity index (χ4v) is 2.98. The van der Waals surface area contributed by atoms with E-state index in [1.54, 1.807) is 12.1 Å². The van der Waals surface area contributed by atoms with Gasteiger partial charge in [-0.15, -0.1) is 24.5 Å². The van der Waals surface area contributed by atoms with Crippen molar-refractivity contribution in [3.63, 3.8) is 0 Å². The molecule has 0 radical (unpaired) electrons. The summed E-state index contributed by atoms with van der Waals surface area (Å²) in [4.78, 5) is 4.53. The number of hydrogen-bond donors (Lipinski definition) is 1. The van der Waals surface area contributed by atoms with E-state index in [0.717, 1.165) is 21.7 Å². The van der Waals surface area contributed by atoms with Crippen LogP contribution in [0.4, 0.5) is 13.2 Å². The van der Waals surface area contributed by atoms with Gasteiger partial charge in [0.25, 0.3) is 0 Å². The molecule has 0 spiro atoms. The lowest BCUT2D eigenvalue weighted by atomic mass is 10.1. The molecule has 0 saturated carbocycles. The maximum atomic E-state index is 12.2. The molecule has 3 nitrogen and oxygen atoms in total. The third kappa shape index (κ3) is 3.93. The highest BCUT2D eigenvalue weighted by atomic mass is 32.1. The summed E-state index contributed by atoms with van der Waals surface area (Å²) in [6, 6.07) is 13.4. The Labute approximate surface area is 140 Å². The Kier molecular flexibility index (Phi) is 4.55. The molecule has 3 aromatic rings. The van der Waals surface area contributed by atoms with Crippen molar-refractivity contribution in [3.05, 3.63) is 59.5 Å². The van der Waals surface area contributed by atoms with Crippen molar-refractivity contribution in [1.82, 2.24) is 4.98 Å². The summed E-state index contributed by atoms with van der Waals surface area (Å²) in [5.41, 5.74) is 9.02. The zero-order valence-electron chi connectivity index (χ0n) is 12.4. The van der Waals surface area contributed by atoms with E-state index in [2.05, 4.69) is 9.72 Å². The predicted molar refractivity (Wildman–Crippen MR) is 87.6 cm³/mol. The lowest BCUT2D eigenvalue weighted by molar-refractivity contribution is -0.274. The summed E-state index contributed by atoms with van der Waals surface area (Å²) in [7, 11) is 0. The third-order valence-electron chi connectivity index (χ3n) is 3.32. The Morgan fingerprint density at radius 3 is 2.17 bits per heavy atom. The Morgan fingerprint density at radius 2 is 1.58 bits per heavy atom. The highest BCUT2D eigenvalue weighted by Crippen LogP contribution is 2.31. The molecule has 0 unspecified atom stereocenters. The highest BCUT2D eigenvalue weighted by molar-refractivity contribution is 7.13. The summed E-state index contributed by atoms with van der Waals surface area (Å²) in [6.45, 7) is 0.482. The molecular formula is C17H13F3N2OS. The highest BCUT2D eigenvalue weighted by Gasteiger charge is 2.30. The normalized spacial score (nSPS) is 11.5. The van der Waals surface area contributed by atoms with Gasteiger partial charge in [-0.1, -0.05) is 24.3 Å². The Morgan fingerprint density at radius 1 is 0.958 bits per heavy atom. The van der Waals surface area contributed by atoms with Crippen molar-refractivity contribution in [2.75, 3.05) is 0 Å². The Bertz CT molecular complexity index is 811. The lowest BCUT2D eigenvalue weighted by Crippen LogP contribution is -2.16. The molecular weight excluding hydrogens is 337 g/mol. The number of alkyl halides is 3. The number of thiazole rings is 1. The first-order valence-electron chi connectivity index (χ1n) is 7.06.